The number of nitrogens with zero attached hydrogens (tertiary/aromatic N) is 4. The van der Waals surface area contributed by atoms with E-state index >= 15 is 0 Å². The van der Waals surface area contributed by atoms with Gasteiger partial charge in [-0.15, -0.1) is 0 Å². The van der Waals surface area contributed by atoms with Crippen molar-refractivity contribution in [2.45, 2.75) is 44.7 Å². The third-order valence-electron chi connectivity index (χ3n) is 8.84. The Morgan fingerprint density at radius 2 is 1.57 bits per heavy atom. The molecule has 3 aromatic rings. The summed E-state index contributed by atoms with van der Waals surface area (Å²) in [5, 5.41) is 18.8. The molecule has 2 aliphatic rings. The van der Waals surface area contributed by atoms with Crippen molar-refractivity contribution in [1.29, 1.82) is 0 Å². The maximum absolute atomic E-state index is 13.9. The van der Waals surface area contributed by atoms with E-state index in [1.54, 1.807) is 28.0 Å². The molecule has 2 fully saturated rings. The van der Waals surface area contributed by atoms with E-state index < -0.39 is 28.9 Å². The number of carbonyl (C=O) groups is 3. The molecular formula is C34H36Cl2F4N4O7. The van der Waals surface area contributed by atoms with E-state index in [1.165, 1.54) is 23.8 Å². The highest BCUT2D eigenvalue weighted by Crippen LogP contribution is 2.31. The lowest BCUT2D eigenvalue weighted by Crippen LogP contribution is -2.45. The molecule has 1 N–H and O–H groups in total. The monoisotopic (exact) mass is 758 g/mol. The summed E-state index contributed by atoms with van der Waals surface area (Å²) in [6, 6.07) is 14.4. The Hall–Kier alpha value is -4.21. The summed E-state index contributed by atoms with van der Waals surface area (Å²) in [5.41, 5.74) is 1.85. The lowest BCUT2D eigenvalue weighted by Gasteiger charge is -2.35. The van der Waals surface area contributed by atoms with Crippen LogP contribution in [0, 0.1) is 27.8 Å². The zero-order valence-corrected chi connectivity index (χ0v) is 28.8. The standard InChI is InChI=1S/C32H35Cl2FN4O5.C2HF3O2/c33-27-7-6-26(21-28(27)34)38(15-1-14-36-16-10-23(11-17-36)20-22-2-4-25(35)5-3-22)31(40)24-12-18-37(19-13-24)32(41)29-8-9-30(44-29)39(42)43;3-2(4,5)1(6)7/h2-9,21,23-24H,1,10-20H2;(H,6,7). The molecule has 0 bridgehead atoms. The van der Waals surface area contributed by atoms with Gasteiger partial charge < -0.3 is 24.2 Å². The number of benzene rings is 2. The average molecular weight is 760 g/mol. The van der Waals surface area contributed by atoms with Crippen LogP contribution in [0.25, 0.3) is 0 Å². The summed E-state index contributed by atoms with van der Waals surface area (Å²) in [7, 11) is 0. The molecule has 2 amide bonds. The smallest absolute Gasteiger partial charge is 0.475 e. The Morgan fingerprint density at radius 3 is 2.12 bits per heavy atom. The molecule has 17 heteroatoms. The van der Waals surface area contributed by atoms with Crippen LogP contribution in [0.2, 0.25) is 10.0 Å². The largest absolute Gasteiger partial charge is 0.490 e. The molecule has 0 atom stereocenters. The number of piperidine rings is 2. The first-order valence-electron chi connectivity index (χ1n) is 16.2. The first-order valence-corrected chi connectivity index (χ1v) is 16.9. The third-order valence-corrected chi connectivity index (χ3v) is 9.58. The predicted molar refractivity (Wildman–Crippen MR) is 180 cm³/mol. The van der Waals surface area contributed by atoms with Gasteiger partial charge in [-0.25, -0.2) is 9.18 Å². The highest BCUT2D eigenvalue weighted by atomic mass is 35.5. The van der Waals surface area contributed by atoms with Crippen molar-refractivity contribution in [3.8, 4) is 0 Å². The third kappa shape index (κ3) is 11.4. The number of alkyl halides is 3. The van der Waals surface area contributed by atoms with Crippen molar-refractivity contribution in [3.05, 3.63) is 91.9 Å². The zero-order chi connectivity index (χ0) is 37.3. The number of hydrogen-bond acceptors (Lipinski definition) is 7. The number of rotatable bonds is 10. The summed E-state index contributed by atoms with van der Waals surface area (Å²) in [4.78, 5) is 51.6. The van der Waals surface area contributed by atoms with E-state index in [-0.39, 0.29) is 23.4 Å². The Labute approximate surface area is 300 Å². The highest BCUT2D eigenvalue weighted by Gasteiger charge is 2.38. The van der Waals surface area contributed by atoms with Crippen molar-refractivity contribution < 1.29 is 46.4 Å². The Morgan fingerprint density at radius 1 is 0.941 bits per heavy atom. The number of carboxylic acid groups (broad SMARTS) is 1. The minimum absolute atomic E-state index is 0.0258. The lowest BCUT2D eigenvalue weighted by molar-refractivity contribution is -0.402. The molecule has 1 aromatic heterocycles. The van der Waals surface area contributed by atoms with Gasteiger partial charge in [-0.1, -0.05) is 35.3 Å². The van der Waals surface area contributed by atoms with Crippen LogP contribution in [0.15, 0.2) is 59.0 Å². The van der Waals surface area contributed by atoms with Crippen molar-refractivity contribution in [3.63, 3.8) is 0 Å². The summed E-state index contributed by atoms with van der Waals surface area (Å²) in [6.07, 6.45) is -0.257. The van der Waals surface area contributed by atoms with Gasteiger partial charge in [-0.3, -0.25) is 19.7 Å². The minimum Gasteiger partial charge on any atom is -0.475 e. The van der Waals surface area contributed by atoms with E-state index in [1.807, 2.05) is 12.1 Å². The summed E-state index contributed by atoms with van der Waals surface area (Å²) in [6.45, 7) is 4.02. The molecule has 276 valence electrons. The van der Waals surface area contributed by atoms with Crippen LogP contribution in [0.5, 0.6) is 0 Å². The fraction of sp³-hybridized carbons (Fsp3) is 0.441. The van der Waals surface area contributed by atoms with E-state index in [0.29, 0.717) is 54.1 Å². The van der Waals surface area contributed by atoms with Gasteiger partial charge in [-0.05, 0) is 106 Å². The van der Waals surface area contributed by atoms with Crippen molar-refractivity contribution >= 4 is 52.6 Å². The fourth-order valence-corrected chi connectivity index (χ4v) is 6.38. The van der Waals surface area contributed by atoms with Crippen LogP contribution in [0.3, 0.4) is 0 Å². The first-order chi connectivity index (χ1) is 24.1. The topological polar surface area (TPSA) is 137 Å². The van der Waals surface area contributed by atoms with Crippen molar-refractivity contribution in [1.82, 2.24) is 9.80 Å². The van der Waals surface area contributed by atoms with Crippen LogP contribution in [-0.2, 0) is 16.0 Å². The number of furan rings is 1. The van der Waals surface area contributed by atoms with Crippen molar-refractivity contribution in [2.75, 3.05) is 44.2 Å². The molecule has 0 unspecified atom stereocenters. The summed E-state index contributed by atoms with van der Waals surface area (Å²) in [5.74, 6) is -3.70. The summed E-state index contributed by atoms with van der Waals surface area (Å²) < 4.78 is 50.1. The molecule has 2 saturated heterocycles. The van der Waals surface area contributed by atoms with Gasteiger partial charge in [0.05, 0.1) is 16.1 Å². The van der Waals surface area contributed by atoms with Crippen LogP contribution in [-0.4, -0.2) is 83.1 Å². The molecule has 0 aliphatic carbocycles. The molecule has 11 nitrogen and oxygen atoms in total. The normalized spacial score (nSPS) is 15.9. The maximum Gasteiger partial charge on any atom is 0.490 e. The number of carboxylic acids is 1. The van der Waals surface area contributed by atoms with Gasteiger partial charge in [0.25, 0.3) is 5.91 Å². The predicted octanol–water partition coefficient (Wildman–Crippen LogP) is 7.50. The molecule has 0 radical (unpaired) electrons. The quantitative estimate of drug-likeness (QED) is 0.128. The number of hydrogen-bond donors (Lipinski definition) is 1. The molecule has 3 heterocycles. The van der Waals surface area contributed by atoms with E-state index in [9.17, 15) is 37.3 Å². The first kappa shape index (κ1) is 39.6. The molecule has 51 heavy (non-hydrogen) atoms. The number of likely N-dealkylation sites (tertiary alicyclic amines) is 2. The molecule has 0 spiro atoms. The number of halogens is 6. The second-order valence-electron chi connectivity index (χ2n) is 12.3. The Bertz CT molecular complexity index is 1670. The van der Waals surface area contributed by atoms with Crippen LogP contribution in [0.4, 0.5) is 29.1 Å². The number of anilines is 1. The van der Waals surface area contributed by atoms with Crippen LogP contribution in [0.1, 0.15) is 48.2 Å². The van der Waals surface area contributed by atoms with Gasteiger partial charge >= 0.3 is 18.0 Å². The fourth-order valence-electron chi connectivity index (χ4n) is 6.09. The second kappa shape index (κ2) is 17.8. The Balaban J connectivity index is 0.000000755. The number of carbonyl (C=O) groups excluding carboxylic acids is 2. The summed E-state index contributed by atoms with van der Waals surface area (Å²) >= 11 is 12.5. The number of aliphatic carboxylic acids is 1. The molecule has 2 aliphatic heterocycles. The average Bonchev–Trinajstić information content (AvgIpc) is 3.60. The molecule has 0 saturated carbocycles. The minimum atomic E-state index is -5.08. The van der Waals surface area contributed by atoms with Crippen LogP contribution < -0.4 is 4.90 Å². The number of amides is 2. The van der Waals surface area contributed by atoms with Crippen molar-refractivity contribution in [2.24, 2.45) is 11.8 Å². The number of nitro groups is 1. The Kier molecular flexibility index (Phi) is 13.8. The zero-order valence-electron chi connectivity index (χ0n) is 27.3. The van der Waals surface area contributed by atoms with Gasteiger partial charge in [-0.2, -0.15) is 13.2 Å². The van der Waals surface area contributed by atoms with E-state index in [2.05, 4.69) is 4.90 Å². The molecule has 2 aromatic carbocycles. The maximum atomic E-state index is 13.9. The second-order valence-corrected chi connectivity index (χ2v) is 13.1. The molecular weight excluding hydrogens is 723 g/mol. The van der Waals surface area contributed by atoms with Gasteiger partial charge in [0.2, 0.25) is 5.91 Å². The van der Waals surface area contributed by atoms with Gasteiger partial charge in [0, 0.05) is 31.2 Å². The molecule has 5 rings (SSSR count). The van der Waals surface area contributed by atoms with Crippen LogP contribution >= 0.6 is 23.2 Å². The van der Waals surface area contributed by atoms with E-state index in [4.69, 9.17) is 37.5 Å². The lowest BCUT2D eigenvalue weighted by atomic mass is 9.90. The van der Waals surface area contributed by atoms with E-state index in [0.717, 1.165) is 51.4 Å². The van der Waals surface area contributed by atoms with Gasteiger partial charge in [0.1, 0.15) is 10.7 Å². The highest BCUT2D eigenvalue weighted by molar-refractivity contribution is 6.42. The SMILES string of the molecule is O=C(O)C(F)(F)F.O=C(c1ccc([N+](=O)[O-])o1)N1CCC(C(=O)N(CCCN2CCC(Cc3ccc(F)cc3)CC2)c2ccc(Cl)c(Cl)c2)CC1. The van der Waals surface area contributed by atoms with Gasteiger partial charge in [0.15, 0.2) is 5.76 Å².